The maximum Gasteiger partial charge on any atom is 0.134 e. The van der Waals surface area contributed by atoms with E-state index < -0.39 is 0 Å². The molecule has 0 saturated carbocycles. The van der Waals surface area contributed by atoms with Crippen molar-refractivity contribution in [2.24, 2.45) is 7.05 Å². The molecule has 4 heteroatoms. The third kappa shape index (κ3) is 1.46. The van der Waals surface area contributed by atoms with E-state index in [9.17, 15) is 5.11 Å². The minimum atomic E-state index is 0.0883. The van der Waals surface area contributed by atoms with Gasteiger partial charge in [0.15, 0.2) is 0 Å². The van der Waals surface area contributed by atoms with E-state index in [-0.39, 0.29) is 5.75 Å². The molecule has 2 rings (SSSR count). The molecule has 14 heavy (non-hydrogen) atoms. The fraction of sp³-hybridized carbons (Fsp3) is 0.100. The van der Waals surface area contributed by atoms with Gasteiger partial charge in [0, 0.05) is 18.8 Å². The molecule has 0 aliphatic carbocycles. The second-order valence-corrected chi connectivity index (χ2v) is 3.41. The number of rotatable bonds is 1. The van der Waals surface area contributed by atoms with Gasteiger partial charge in [0.25, 0.3) is 0 Å². The summed E-state index contributed by atoms with van der Waals surface area (Å²) in [6.45, 7) is 0. The summed E-state index contributed by atoms with van der Waals surface area (Å²) in [4.78, 5) is 0. The number of phenols is 1. The van der Waals surface area contributed by atoms with Crippen molar-refractivity contribution >= 4 is 11.6 Å². The Balaban J connectivity index is 2.53. The lowest BCUT2D eigenvalue weighted by atomic mass is 10.1. The van der Waals surface area contributed by atoms with E-state index in [2.05, 4.69) is 5.10 Å². The summed E-state index contributed by atoms with van der Waals surface area (Å²) in [7, 11) is 1.85. The van der Waals surface area contributed by atoms with E-state index in [0.717, 1.165) is 11.3 Å². The maximum absolute atomic E-state index is 9.43. The first-order valence-electron chi connectivity index (χ1n) is 4.15. The van der Waals surface area contributed by atoms with Gasteiger partial charge in [-0.1, -0.05) is 17.7 Å². The molecule has 1 aromatic carbocycles. The van der Waals surface area contributed by atoms with E-state index in [4.69, 9.17) is 11.6 Å². The van der Waals surface area contributed by atoms with Crippen LogP contribution in [0.3, 0.4) is 0 Å². The normalized spacial score (nSPS) is 10.4. The van der Waals surface area contributed by atoms with Crippen molar-refractivity contribution in [1.29, 1.82) is 0 Å². The standard InChI is InChI=1S/C10H9ClN2O/c1-13-9(4-5-12-13)7-2-3-8(11)10(14)6-7/h2-6,14H,1H3. The zero-order valence-corrected chi connectivity index (χ0v) is 8.36. The van der Waals surface area contributed by atoms with Crippen LogP contribution >= 0.6 is 11.6 Å². The molecule has 1 heterocycles. The highest BCUT2D eigenvalue weighted by molar-refractivity contribution is 6.32. The van der Waals surface area contributed by atoms with E-state index in [1.807, 2.05) is 19.2 Å². The summed E-state index contributed by atoms with van der Waals surface area (Å²) in [6.07, 6.45) is 1.71. The van der Waals surface area contributed by atoms with Gasteiger partial charge in [-0.2, -0.15) is 5.10 Å². The Morgan fingerprint density at radius 2 is 2.14 bits per heavy atom. The molecule has 0 saturated heterocycles. The van der Waals surface area contributed by atoms with Gasteiger partial charge in [-0.25, -0.2) is 0 Å². The van der Waals surface area contributed by atoms with Gasteiger partial charge in [-0.15, -0.1) is 0 Å². The molecule has 0 fully saturated rings. The van der Waals surface area contributed by atoms with E-state index in [0.29, 0.717) is 5.02 Å². The minimum Gasteiger partial charge on any atom is -0.506 e. The first kappa shape index (κ1) is 9.09. The number of hydrogen-bond acceptors (Lipinski definition) is 2. The molecule has 72 valence electrons. The predicted molar refractivity (Wildman–Crippen MR) is 55.3 cm³/mol. The van der Waals surface area contributed by atoms with Crippen LogP contribution in [0.4, 0.5) is 0 Å². The van der Waals surface area contributed by atoms with Gasteiger partial charge in [0.1, 0.15) is 5.75 Å². The molecule has 0 spiro atoms. The Hall–Kier alpha value is -1.48. The molecule has 2 aromatic rings. The molecule has 0 aliphatic heterocycles. The monoisotopic (exact) mass is 208 g/mol. The molecule has 0 bridgehead atoms. The van der Waals surface area contributed by atoms with Crippen molar-refractivity contribution in [3.63, 3.8) is 0 Å². The van der Waals surface area contributed by atoms with Crippen LogP contribution in [0.15, 0.2) is 30.5 Å². The Morgan fingerprint density at radius 1 is 1.36 bits per heavy atom. The van der Waals surface area contributed by atoms with Crippen LogP contribution in [-0.2, 0) is 7.05 Å². The van der Waals surface area contributed by atoms with Gasteiger partial charge in [-0.05, 0) is 18.2 Å². The first-order valence-corrected chi connectivity index (χ1v) is 4.53. The third-order valence-electron chi connectivity index (χ3n) is 2.06. The zero-order valence-electron chi connectivity index (χ0n) is 7.61. The van der Waals surface area contributed by atoms with Crippen molar-refractivity contribution in [2.45, 2.75) is 0 Å². The smallest absolute Gasteiger partial charge is 0.134 e. The van der Waals surface area contributed by atoms with E-state index >= 15 is 0 Å². The zero-order chi connectivity index (χ0) is 10.1. The largest absolute Gasteiger partial charge is 0.506 e. The Labute approximate surface area is 86.6 Å². The summed E-state index contributed by atoms with van der Waals surface area (Å²) in [5.41, 5.74) is 1.84. The number of halogens is 1. The number of hydrogen-bond donors (Lipinski definition) is 1. The number of aromatic nitrogens is 2. The van der Waals surface area contributed by atoms with Crippen LogP contribution in [0.25, 0.3) is 11.3 Å². The predicted octanol–water partition coefficient (Wildman–Crippen LogP) is 2.45. The molecular formula is C10H9ClN2O. The van der Waals surface area contributed by atoms with Crippen LogP contribution < -0.4 is 0 Å². The van der Waals surface area contributed by atoms with E-state index in [1.165, 1.54) is 0 Å². The lowest BCUT2D eigenvalue weighted by Gasteiger charge is -2.03. The van der Waals surface area contributed by atoms with Crippen LogP contribution in [-0.4, -0.2) is 14.9 Å². The number of nitrogens with zero attached hydrogens (tertiary/aromatic N) is 2. The molecule has 1 aromatic heterocycles. The molecule has 1 N–H and O–H groups in total. The molecular weight excluding hydrogens is 200 g/mol. The lowest BCUT2D eigenvalue weighted by Crippen LogP contribution is -1.92. The quantitative estimate of drug-likeness (QED) is 0.782. The molecule has 0 atom stereocenters. The fourth-order valence-electron chi connectivity index (χ4n) is 1.33. The van der Waals surface area contributed by atoms with Crippen molar-refractivity contribution in [1.82, 2.24) is 9.78 Å². The van der Waals surface area contributed by atoms with Gasteiger partial charge < -0.3 is 5.11 Å². The highest BCUT2D eigenvalue weighted by Crippen LogP contribution is 2.28. The summed E-state index contributed by atoms with van der Waals surface area (Å²) >= 11 is 5.71. The number of phenolic OH excluding ortho intramolecular Hbond substituents is 1. The SMILES string of the molecule is Cn1nccc1-c1ccc(Cl)c(O)c1. The average molecular weight is 209 g/mol. The summed E-state index contributed by atoms with van der Waals surface area (Å²) in [5, 5.41) is 13.8. The molecule has 0 aliphatic rings. The second kappa shape index (κ2) is 3.35. The Morgan fingerprint density at radius 3 is 2.71 bits per heavy atom. The summed E-state index contributed by atoms with van der Waals surface area (Å²) < 4.78 is 1.74. The van der Waals surface area contributed by atoms with Gasteiger partial charge in [0.05, 0.1) is 10.7 Å². The van der Waals surface area contributed by atoms with Crippen LogP contribution in [0.2, 0.25) is 5.02 Å². The Bertz CT molecular complexity index is 465. The van der Waals surface area contributed by atoms with Crippen molar-refractivity contribution in [3.05, 3.63) is 35.5 Å². The van der Waals surface area contributed by atoms with Gasteiger partial charge in [0.2, 0.25) is 0 Å². The van der Waals surface area contributed by atoms with Crippen LogP contribution in [0.5, 0.6) is 5.75 Å². The maximum atomic E-state index is 9.43. The van der Waals surface area contributed by atoms with Crippen molar-refractivity contribution in [3.8, 4) is 17.0 Å². The highest BCUT2D eigenvalue weighted by atomic mass is 35.5. The van der Waals surface area contributed by atoms with Gasteiger partial charge >= 0.3 is 0 Å². The van der Waals surface area contributed by atoms with Crippen LogP contribution in [0.1, 0.15) is 0 Å². The number of aromatic hydroxyl groups is 1. The second-order valence-electron chi connectivity index (χ2n) is 3.01. The minimum absolute atomic E-state index is 0.0883. The molecule has 0 amide bonds. The topological polar surface area (TPSA) is 38.0 Å². The summed E-state index contributed by atoms with van der Waals surface area (Å²) in [5.74, 6) is 0.0883. The molecule has 3 nitrogen and oxygen atoms in total. The molecule has 0 unspecified atom stereocenters. The van der Waals surface area contributed by atoms with Crippen molar-refractivity contribution in [2.75, 3.05) is 0 Å². The first-order chi connectivity index (χ1) is 6.68. The number of benzene rings is 1. The van der Waals surface area contributed by atoms with Crippen molar-refractivity contribution < 1.29 is 5.11 Å². The highest BCUT2D eigenvalue weighted by Gasteiger charge is 2.05. The average Bonchev–Trinajstić information content (AvgIpc) is 2.57. The molecule has 0 radical (unpaired) electrons. The third-order valence-corrected chi connectivity index (χ3v) is 2.38. The fourth-order valence-corrected chi connectivity index (χ4v) is 1.45. The Kier molecular flexibility index (Phi) is 2.17. The van der Waals surface area contributed by atoms with Gasteiger partial charge in [-0.3, -0.25) is 4.68 Å². The van der Waals surface area contributed by atoms with E-state index in [1.54, 1.807) is 23.0 Å². The number of aryl methyl sites for hydroxylation is 1. The van der Waals surface area contributed by atoms with Crippen LogP contribution in [0, 0.1) is 0 Å². The lowest BCUT2D eigenvalue weighted by molar-refractivity contribution is 0.476. The summed E-state index contributed by atoms with van der Waals surface area (Å²) in [6, 6.07) is 7.01.